The Hall–Kier alpha value is -1.31. The van der Waals surface area contributed by atoms with Gasteiger partial charge in [0, 0.05) is 20.5 Å². The normalized spacial score (nSPS) is 10.5. The lowest BCUT2D eigenvalue weighted by Gasteiger charge is -2.09. The first kappa shape index (κ1) is 16.7. The molecule has 0 N–H and O–H groups in total. The van der Waals surface area contributed by atoms with E-state index in [0.717, 1.165) is 6.42 Å². The molecule has 2 heteroatoms. The molecule has 1 aromatic rings. The molecule has 0 saturated heterocycles. The average Bonchev–Trinajstić information content (AvgIpc) is 2.46. The van der Waals surface area contributed by atoms with Crippen LogP contribution in [-0.2, 0) is 11.2 Å². The summed E-state index contributed by atoms with van der Waals surface area (Å²) in [6, 6.07) is 10.7. The van der Waals surface area contributed by atoms with Gasteiger partial charge in [0.05, 0.1) is 0 Å². The predicted octanol–water partition coefficient (Wildman–Crippen LogP) is 4.44. The first-order valence-corrected chi connectivity index (χ1v) is 7.94. The number of aryl methyl sites for hydroxylation is 1. The van der Waals surface area contributed by atoms with Crippen molar-refractivity contribution in [2.24, 2.45) is 0 Å². The molecule has 0 spiro atoms. The summed E-state index contributed by atoms with van der Waals surface area (Å²) in [6.45, 7) is 0. The maximum absolute atomic E-state index is 11.4. The van der Waals surface area contributed by atoms with Crippen LogP contribution in [0.15, 0.2) is 30.3 Å². The number of unbranched alkanes of at least 4 members (excludes halogenated alkanes) is 6. The van der Waals surface area contributed by atoms with E-state index in [4.69, 9.17) is 0 Å². The van der Waals surface area contributed by atoms with Crippen LogP contribution in [-0.4, -0.2) is 24.9 Å². The SMILES string of the molecule is CN(C)C(=O)CCCCCCCCCc1ccccc1. The van der Waals surface area contributed by atoms with Crippen LogP contribution in [0.25, 0.3) is 0 Å². The van der Waals surface area contributed by atoms with Gasteiger partial charge < -0.3 is 4.90 Å². The zero-order chi connectivity index (χ0) is 14.6. The summed E-state index contributed by atoms with van der Waals surface area (Å²) in [6.07, 6.45) is 10.7. The fourth-order valence-corrected chi connectivity index (χ4v) is 2.36. The van der Waals surface area contributed by atoms with Crippen LogP contribution in [0.2, 0.25) is 0 Å². The lowest BCUT2D eigenvalue weighted by Crippen LogP contribution is -2.20. The Morgan fingerprint density at radius 3 is 2.00 bits per heavy atom. The molecule has 1 rings (SSSR count). The van der Waals surface area contributed by atoms with Crippen molar-refractivity contribution in [3.05, 3.63) is 35.9 Å². The Bertz CT molecular complexity index is 359. The summed E-state index contributed by atoms with van der Waals surface area (Å²) >= 11 is 0. The van der Waals surface area contributed by atoms with Crippen LogP contribution < -0.4 is 0 Å². The van der Waals surface area contributed by atoms with Gasteiger partial charge in [-0.15, -0.1) is 0 Å². The second-order valence-electron chi connectivity index (χ2n) is 5.75. The third kappa shape index (κ3) is 7.98. The maximum atomic E-state index is 11.4. The third-order valence-corrected chi connectivity index (χ3v) is 3.70. The molecule has 1 aromatic carbocycles. The summed E-state index contributed by atoms with van der Waals surface area (Å²) < 4.78 is 0. The first-order chi connectivity index (χ1) is 9.70. The van der Waals surface area contributed by atoms with Gasteiger partial charge in [-0.25, -0.2) is 0 Å². The second kappa shape index (κ2) is 10.5. The summed E-state index contributed by atoms with van der Waals surface area (Å²) in [7, 11) is 3.66. The lowest BCUT2D eigenvalue weighted by molar-refractivity contribution is -0.128. The van der Waals surface area contributed by atoms with Gasteiger partial charge in [-0.3, -0.25) is 4.79 Å². The Labute approximate surface area is 124 Å². The first-order valence-electron chi connectivity index (χ1n) is 7.94. The molecule has 1 amide bonds. The third-order valence-electron chi connectivity index (χ3n) is 3.70. The van der Waals surface area contributed by atoms with Gasteiger partial charge in [-0.1, -0.05) is 62.4 Å². The van der Waals surface area contributed by atoms with Crippen LogP contribution >= 0.6 is 0 Å². The van der Waals surface area contributed by atoms with E-state index in [1.807, 2.05) is 14.1 Å². The van der Waals surface area contributed by atoms with Gasteiger partial charge in [0.1, 0.15) is 0 Å². The lowest BCUT2D eigenvalue weighted by atomic mass is 10.0. The van der Waals surface area contributed by atoms with Gasteiger partial charge in [0.2, 0.25) is 5.91 Å². The van der Waals surface area contributed by atoms with Crippen LogP contribution in [0.3, 0.4) is 0 Å². The Morgan fingerprint density at radius 1 is 0.850 bits per heavy atom. The molecule has 0 bridgehead atoms. The van der Waals surface area contributed by atoms with Gasteiger partial charge in [-0.2, -0.15) is 0 Å². The molecular weight excluding hydrogens is 246 g/mol. The molecule has 0 aromatic heterocycles. The van der Waals surface area contributed by atoms with Gasteiger partial charge in [0.25, 0.3) is 0 Å². The predicted molar refractivity (Wildman–Crippen MR) is 85.8 cm³/mol. The molecule has 112 valence electrons. The van der Waals surface area contributed by atoms with Crippen molar-refractivity contribution in [2.75, 3.05) is 14.1 Å². The number of hydrogen-bond acceptors (Lipinski definition) is 1. The van der Waals surface area contributed by atoms with Crippen molar-refractivity contribution in [1.82, 2.24) is 4.90 Å². The summed E-state index contributed by atoms with van der Waals surface area (Å²) in [5.41, 5.74) is 1.45. The number of carbonyl (C=O) groups excluding carboxylic acids is 1. The monoisotopic (exact) mass is 275 g/mol. The highest BCUT2D eigenvalue weighted by molar-refractivity contribution is 5.75. The van der Waals surface area contributed by atoms with E-state index in [0.29, 0.717) is 6.42 Å². The molecule has 20 heavy (non-hydrogen) atoms. The van der Waals surface area contributed by atoms with Crippen LogP contribution in [0.4, 0.5) is 0 Å². The highest BCUT2D eigenvalue weighted by atomic mass is 16.2. The molecule has 2 nitrogen and oxygen atoms in total. The number of amides is 1. The number of rotatable bonds is 10. The van der Waals surface area contributed by atoms with E-state index in [-0.39, 0.29) is 5.91 Å². The molecule has 0 aliphatic carbocycles. The fourth-order valence-electron chi connectivity index (χ4n) is 2.36. The summed E-state index contributed by atoms with van der Waals surface area (Å²) in [5.74, 6) is 0.257. The number of carbonyl (C=O) groups is 1. The van der Waals surface area contributed by atoms with Crippen LogP contribution in [0.1, 0.15) is 56.9 Å². The zero-order valence-electron chi connectivity index (χ0n) is 13.1. The average molecular weight is 275 g/mol. The largest absolute Gasteiger partial charge is 0.349 e. The topological polar surface area (TPSA) is 20.3 Å². The fraction of sp³-hybridized carbons (Fsp3) is 0.611. The van der Waals surface area contributed by atoms with Crippen molar-refractivity contribution in [1.29, 1.82) is 0 Å². The second-order valence-corrected chi connectivity index (χ2v) is 5.75. The van der Waals surface area contributed by atoms with Crippen molar-refractivity contribution >= 4 is 5.91 Å². The Morgan fingerprint density at radius 2 is 1.40 bits per heavy atom. The maximum Gasteiger partial charge on any atom is 0.222 e. The molecule has 0 aliphatic rings. The number of nitrogens with zero attached hydrogens (tertiary/aromatic N) is 1. The van der Waals surface area contributed by atoms with Crippen LogP contribution in [0.5, 0.6) is 0 Å². The quantitative estimate of drug-likeness (QED) is 0.578. The molecule has 0 radical (unpaired) electrons. The smallest absolute Gasteiger partial charge is 0.222 e. The zero-order valence-corrected chi connectivity index (χ0v) is 13.1. The molecular formula is C18H29NO. The van der Waals surface area contributed by atoms with Crippen LogP contribution in [0, 0.1) is 0 Å². The molecule has 0 heterocycles. The minimum atomic E-state index is 0.257. The molecule has 0 fully saturated rings. The highest BCUT2D eigenvalue weighted by Gasteiger charge is 2.02. The van der Waals surface area contributed by atoms with Crippen molar-refractivity contribution in [2.45, 2.75) is 57.8 Å². The van der Waals surface area contributed by atoms with Gasteiger partial charge >= 0.3 is 0 Å². The van der Waals surface area contributed by atoms with E-state index in [9.17, 15) is 4.79 Å². The summed E-state index contributed by atoms with van der Waals surface area (Å²) in [5, 5.41) is 0. The van der Waals surface area contributed by atoms with E-state index >= 15 is 0 Å². The van der Waals surface area contributed by atoms with Gasteiger partial charge in [-0.05, 0) is 24.8 Å². The molecule has 0 unspecified atom stereocenters. The van der Waals surface area contributed by atoms with E-state index in [1.54, 1.807) is 4.90 Å². The Balaban J connectivity index is 1.87. The van der Waals surface area contributed by atoms with E-state index < -0.39 is 0 Å². The highest BCUT2D eigenvalue weighted by Crippen LogP contribution is 2.11. The Kier molecular flexibility index (Phi) is 8.77. The molecule has 0 saturated carbocycles. The van der Waals surface area contributed by atoms with Crippen molar-refractivity contribution in [3.63, 3.8) is 0 Å². The van der Waals surface area contributed by atoms with E-state index in [1.165, 1.54) is 50.5 Å². The number of hydrogen-bond donors (Lipinski definition) is 0. The standard InChI is InChI=1S/C18H29NO/c1-19(2)18(20)16-12-7-5-3-4-6-9-13-17-14-10-8-11-15-17/h8,10-11,14-15H,3-7,9,12-13,16H2,1-2H3. The van der Waals surface area contributed by atoms with Crippen molar-refractivity contribution in [3.8, 4) is 0 Å². The molecule has 0 atom stereocenters. The minimum absolute atomic E-state index is 0.257. The molecule has 0 aliphatic heterocycles. The summed E-state index contributed by atoms with van der Waals surface area (Å²) in [4.78, 5) is 13.1. The number of benzene rings is 1. The van der Waals surface area contributed by atoms with E-state index in [2.05, 4.69) is 30.3 Å². The van der Waals surface area contributed by atoms with Crippen molar-refractivity contribution < 1.29 is 4.79 Å². The van der Waals surface area contributed by atoms with Gasteiger partial charge in [0.15, 0.2) is 0 Å². The minimum Gasteiger partial charge on any atom is -0.349 e.